The smallest absolute Gasteiger partial charge is 0.308 e. The van der Waals surface area contributed by atoms with Gasteiger partial charge in [-0.15, -0.1) is 11.8 Å². The first kappa shape index (κ1) is 24.5. The number of hydrogen-bond donors (Lipinski definition) is 0. The van der Waals surface area contributed by atoms with E-state index >= 15 is 0 Å². The van der Waals surface area contributed by atoms with Gasteiger partial charge in [-0.25, -0.2) is 0 Å². The van der Waals surface area contributed by atoms with Crippen LogP contribution in [0.4, 0.5) is 0 Å². The molecule has 0 saturated carbocycles. The Kier molecular flexibility index (Phi) is 9.13. The normalized spacial score (nSPS) is 12.3. The van der Waals surface area contributed by atoms with Crippen molar-refractivity contribution in [1.82, 2.24) is 0 Å². The van der Waals surface area contributed by atoms with Crippen LogP contribution < -0.4 is 9.47 Å². The molecule has 2 rings (SSSR count). The van der Waals surface area contributed by atoms with Crippen LogP contribution in [0.15, 0.2) is 71.8 Å². The third-order valence-electron chi connectivity index (χ3n) is 4.20. The maximum atomic E-state index is 11.2. The van der Waals surface area contributed by atoms with Crippen LogP contribution in [0.25, 0.3) is 0 Å². The predicted molar refractivity (Wildman–Crippen MR) is 127 cm³/mol. The summed E-state index contributed by atoms with van der Waals surface area (Å²) >= 11 is 1.82. The van der Waals surface area contributed by atoms with Gasteiger partial charge in [0.2, 0.25) is 0 Å². The van der Waals surface area contributed by atoms with Crippen molar-refractivity contribution >= 4 is 23.7 Å². The molecule has 0 aliphatic carbocycles. The zero-order chi connectivity index (χ0) is 23.0. The fraction of sp³-hybridized carbons (Fsp3) is 0.308. The van der Waals surface area contributed by atoms with E-state index in [1.54, 1.807) is 0 Å². The van der Waals surface area contributed by atoms with Gasteiger partial charge in [0.1, 0.15) is 11.5 Å². The van der Waals surface area contributed by atoms with Crippen LogP contribution >= 0.6 is 11.8 Å². The summed E-state index contributed by atoms with van der Waals surface area (Å²) in [5.74, 6) is 0.422. The Bertz CT molecular complexity index is 868. The Hall–Kier alpha value is -2.79. The molecule has 0 amide bonds. The van der Waals surface area contributed by atoms with Crippen LogP contribution in [0, 0.1) is 0 Å². The molecule has 0 bridgehead atoms. The van der Waals surface area contributed by atoms with Crippen molar-refractivity contribution in [1.29, 1.82) is 0 Å². The molecule has 0 aliphatic heterocycles. The number of benzene rings is 2. The van der Waals surface area contributed by atoms with Gasteiger partial charge < -0.3 is 9.47 Å². The highest BCUT2D eigenvalue weighted by atomic mass is 32.2. The molecule has 0 N–H and O–H groups in total. The number of hydrogen-bond acceptors (Lipinski definition) is 5. The molecule has 0 aromatic heterocycles. The van der Waals surface area contributed by atoms with Crippen molar-refractivity contribution in [2.75, 3.05) is 0 Å². The molecule has 2 aromatic carbocycles. The van der Waals surface area contributed by atoms with Gasteiger partial charge in [-0.3, -0.25) is 9.59 Å². The lowest BCUT2D eigenvalue weighted by Crippen LogP contribution is -2.03. The van der Waals surface area contributed by atoms with Crippen LogP contribution in [0.1, 0.15) is 63.2 Å². The van der Waals surface area contributed by atoms with E-state index in [1.807, 2.05) is 60.3 Å². The second kappa shape index (κ2) is 11.6. The fourth-order valence-corrected chi connectivity index (χ4v) is 4.62. The van der Waals surface area contributed by atoms with E-state index in [1.165, 1.54) is 25.0 Å². The molecule has 0 heterocycles. The lowest BCUT2D eigenvalue weighted by atomic mass is 10.1. The van der Waals surface area contributed by atoms with E-state index in [9.17, 15) is 9.59 Å². The largest absolute Gasteiger partial charge is 0.427 e. The van der Waals surface area contributed by atoms with E-state index < -0.39 is 0 Å². The van der Waals surface area contributed by atoms with Gasteiger partial charge >= 0.3 is 11.9 Å². The third kappa shape index (κ3) is 8.46. The van der Waals surface area contributed by atoms with E-state index in [2.05, 4.69) is 39.8 Å². The van der Waals surface area contributed by atoms with Crippen molar-refractivity contribution in [2.24, 2.45) is 0 Å². The SMILES string of the molecule is CC(=O)Oc1ccc(C(C=C(C)C)SC(C=C(C)C)c2ccc(OC(C)=O)cc2)cc1. The molecular formula is C26H30O4S. The topological polar surface area (TPSA) is 52.6 Å². The van der Waals surface area contributed by atoms with E-state index in [0.717, 1.165) is 11.1 Å². The van der Waals surface area contributed by atoms with Gasteiger partial charge in [0.25, 0.3) is 0 Å². The van der Waals surface area contributed by atoms with Crippen molar-refractivity contribution < 1.29 is 19.1 Å². The molecule has 31 heavy (non-hydrogen) atoms. The maximum Gasteiger partial charge on any atom is 0.308 e. The monoisotopic (exact) mass is 438 g/mol. The van der Waals surface area contributed by atoms with Crippen molar-refractivity contribution in [2.45, 2.75) is 52.0 Å². The van der Waals surface area contributed by atoms with Gasteiger partial charge in [0.15, 0.2) is 0 Å². The first-order valence-corrected chi connectivity index (χ1v) is 11.1. The number of ether oxygens (including phenoxy) is 2. The first-order chi connectivity index (χ1) is 14.6. The van der Waals surface area contributed by atoms with E-state index in [-0.39, 0.29) is 22.4 Å². The molecular weight excluding hydrogens is 408 g/mol. The molecule has 0 radical (unpaired) electrons. The maximum absolute atomic E-state index is 11.2. The van der Waals surface area contributed by atoms with E-state index in [4.69, 9.17) is 9.47 Å². The minimum absolute atomic E-state index is 0.116. The van der Waals surface area contributed by atoms with Gasteiger partial charge in [0, 0.05) is 24.3 Å². The summed E-state index contributed by atoms with van der Waals surface area (Å²) in [5.41, 5.74) is 4.71. The van der Waals surface area contributed by atoms with Crippen LogP contribution in [0.3, 0.4) is 0 Å². The molecule has 2 aromatic rings. The second-order valence-corrected chi connectivity index (χ2v) is 9.08. The lowest BCUT2D eigenvalue weighted by molar-refractivity contribution is -0.132. The summed E-state index contributed by atoms with van der Waals surface area (Å²) in [7, 11) is 0. The average molecular weight is 439 g/mol. The Labute approximate surface area is 189 Å². The summed E-state index contributed by atoms with van der Waals surface area (Å²) in [6.07, 6.45) is 4.48. The molecule has 4 nitrogen and oxygen atoms in total. The second-order valence-electron chi connectivity index (χ2n) is 7.79. The number of rotatable bonds is 8. The molecule has 0 aliphatic rings. The van der Waals surface area contributed by atoms with Crippen molar-refractivity contribution in [3.8, 4) is 11.5 Å². The number of allylic oxidation sites excluding steroid dienone is 2. The molecule has 2 atom stereocenters. The fourth-order valence-electron chi connectivity index (χ4n) is 2.97. The quantitative estimate of drug-likeness (QED) is 0.253. The van der Waals surface area contributed by atoms with Gasteiger partial charge in [0.05, 0.1) is 0 Å². The van der Waals surface area contributed by atoms with Crippen LogP contribution in [-0.2, 0) is 9.59 Å². The Morgan fingerprint density at radius 3 is 1.23 bits per heavy atom. The van der Waals surface area contributed by atoms with Gasteiger partial charge in [-0.1, -0.05) is 47.6 Å². The first-order valence-electron chi connectivity index (χ1n) is 10.2. The van der Waals surface area contributed by atoms with Crippen molar-refractivity contribution in [3.05, 3.63) is 83.0 Å². The predicted octanol–water partition coefficient (Wildman–Crippen LogP) is 6.99. The third-order valence-corrected chi connectivity index (χ3v) is 5.61. The molecule has 2 unspecified atom stereocenters. The molecule has 0 saturated heterocycles. The highest BCUT2D eigenvalue weighted by molar-refractivity contribution is 8.00. The summed E-state index contributed by atoms with van der Waals surface area (Å²) in [4.78, 5) is 22.4. The average Bonchev–Trinajstić information content (AvgIpc) is 2.66. The van der Waals surface area contributed by atoms with Gasteiger partial charge in [-0.05, 0) is 63.1 Å². The summed E-state index contributed by atoms with van der Waals surface area (Å²) in [5, 5.41) is 0.232. The molecule has 0 spiro atoms. The highest BCUT2D eigenvalue weighted by Crippen LogP contribution is 2.44. The summed E-state index contributed by atoms with van der Waals surface area (Å²) in [6.45, 7) is 11.1. The molecule has 164 valence electrons. The van der Waals surface area contributed by atoms with E-state index in [0.29, 0.717) is 11.5 Å². The van der Waals surface area contributed by atoms with Crippen LogP contribution in [-0.4, -0.2) is 11.9 Å². The number of esters is 2. The minimum Gasteiger partial charge on any atom is -0.427 e. The van der Waals surface area contributed by atoms with Crippen LogP contribution in [0.5, 0.6) is 11.5 Å². The molecule has 5 heteroatoms. The van der Waals surface area contributed by atoms with Gasteiger partial charge in [-0.2, -0.15) is 0 Å². The Morgan fingerprint density at radius 2 is 0.968 bits per heavy atom. The Balaban J connectivity index is 2.33. The number of carbonyl (C=O) groups excluding carboxylic acids is 2. The highest BCUT2D eigenvalue weighted by Gasteiger charge is 2.18. The number of carbonyl (C=O) groups is 2. The summed E-state index contributed by atoms with van der Waals surface area (Å²) in [6, 6.07) is 15.3. The molecule has 0 fully saturated rings. The number of thioether (sulfide) groups is 1. The Morgan fingerprint density at radius 1 is 0.645 bits per heavy atom. The summed E-state index contributed by atoms with van der Waals surface area (Å²) < 4.78 is 10.3. The zero-order valence-electron chi connectivity index (χ0n) is 19.0. The lowest BCUT2D eigenvalue weighted by Gasteiger charge is -2.21. The van der Waals surface area contributed by atoms with Crippen LogP contribution in [0.2, 0.25) is 0 Å². The zero-order valence-corrected chi connectivity index (χ0v) is 19.8. The standard InChI is InChI=1S/C26H30O4S/c1-17(2)15-25(21-7-11-23(12-8-21)29-19(5)27)31-26(16-18(3)4)22-9-13-24(14-10-22)30-20(6)28/h7-16,25-26H,1-6H3. The minimum atomic E-state index is -0.330. The van der Waals surface area contributed by atoms with Crippen molar-refractivity contribution in [3.63, 3.8) is 0 Å².